The molecule has 2 nitrogen and oxygen atoms in total. The van der Waals surface area contributed by atoms with E-state index in [1.807, 2.05) is 0 Å². The standard InChI is InChI=1S/C8H16FNO/c1-11-8-3-2-5-10(7-8)6-4-9/h8H,2-7H2,1H3/t8-/m0/s1. The van der Waals surface area contributed by atoms with Crippen LogP contribution in [0.2, 0.25) is 0 Å². The Morgan fingerprint density at radius 3 is 3.09 bits per heavy atom. The van der Waals surface area contributed by atoms with Crippen LogP contribution in [0.15, 0.2) is 0 Å². The van der Waals surface area contributed by atoms with Gasteiger partial charge in [-0.05, 0) is 19.4 Å². The first-order chi connectivity index (χ1) is 5.36. The number of nitrogens with zero attached hydrogens (tertiary/aromatic N) is 1. The summed E-state index contributed by atoms with van der Waals surface area (Å²) in [5.41, 5.74) is 0. The van der Waals surface area contributed by atoms with Gasteiger partial charge in [0.25, 0.3) is 0 Å². The van der Waals surface area contributed by atoms with Gasteiger partial charge in [-0.1, -0.05) is 0 Å². The number of alkyl halides is 1. The van der Waals surface area contributed by atoms with Crippen LogP contribution < -0.4 is 0 Å². The summed E-state index contributed by atoms with van der Waals surface area (Å²) in [6, 6.07) is 0. The highest BCUT2D eigenvalue weighted by Crippen LogP contribution is 2.11. The van der Waals surface area contributed by atoms with Gasteiger partial charge in [0.2, 0.25) is 0 Å². The summed E-state index contributed by atoms with van der Waals surface area (Å²) in [5, 5.41) is 0. The molecule has 0 unspecified atom stereocenters. The van der Waals surface area contributed by atoms with E-state index in [4.69, 9.17) is 4.74 Å². The first-order valence-corrected chi connectivity index (χ1v) is 4.18. The Kier molecular flexibility index (Phi) is 3.80. The fourth-order valence-corrected chi connectivity index (χ4v) is 1.53. The number of rotatable bonds is 3. The third-order valence-electron chi connectivity index (χ3n) is 2.20. The number of likely N-dealkylation sites (tertiary alicyclic amines) is 1. The number of hydrogen-bond donors (Lipinski definition) is 0. The molecule has 0 aromatic carbocycles. The van der Waals surface area contributed by atoms with Gasteiger partial charge in [-0.25, -0.2) is 4.39 Å². The first-order valence-electron chi connectivity index (χ1n) is 4.18. The summed E-state index contributed by atoms with van der Waals surface area (Å²) < 4.78 is 17.1. The third-order valence-corrected chi connectivity index (χ3v) is 2.20. The second-order valence-corrected chi connectivity index (χ2v) is 2.99. The Morgan fingerprint density at radius 1 is 1.64 bits per heavy atom. The van der Waals surface area contributed by atoms with Crippen LogP contribution in [-0.4, -0.2) is 44.4 Å². The number of methoxy groups -OCH3 is 1. The van der Waals surface area contributed by atoms with Crippen LogP contribution in [-0.2, 0) is 4.74 Å². The fourth-order valence-electron chi connectivity index (χ4n) is 1.53. The molecule has 66 valence electrons. The van der Waals surface area contributed by atoms with Crippen molar-refractivity contribution in [3.63, 3.8) is 0 Å². The Morgan fingerprint density at radius 2 is 2.45 bits per heavy atom. The molecule has 0 aromatic rings. The summed E-state index contributed by atoms with van der Waals surface area (Å²) in [6.07, 6.45) is 2.59. The summed E-state index contributed by atoms with van der Waals surface area (Å²) >= 11 is 0. The first kappa shape index (κ1) is 8.94. The molecule has 0 saturated carbocycles. The van der Waals surface area contributed by atoms with Crippen LogP contribution in [0, 0.1) is 0 Å². The van der Waals surface area contributed by atoms with E-state index < -0.39 is 0 Å². The van der Waals surface area contributed by atoms with Crippen molar-refractivity contribution in [3.05, 3.63) is 0 Å². The summed E-state index contributed by atoms with van der Waals surface area (Å²) in [6.45, 7) is 2.26. The SMILES string of the molecule is CO[C@H]1CCCN(CCF)C1. The van der Waals surface area contributed by atoms with Gasteiger partial charge in [-0.2, -0.15) is 0 Å². The number of halogens is 1. The van der Waals surface area contributed by atoms with Crippen LogP contribution in [0.4, 0.5) is 4.39 Å². The quantitative estimate of drug-likeness (QED) is 0.614. The normalized spacial score (nSPS) is 27.3. The summed E-state index contributed by atoms with van der Waals surface area (Å²) in [4.78, 5) is 2.12. The second kappa shape index (κ2) is 4.67. The lowest BCUT2D eigenvalue weighted by molar-refractivity contribution is 0.0296. The van der Waals surface area contributed by atoms with E-state index in [2.05, 4.69) is 4.90 Å². The van der Waals surface area contributed by atoms with E-state index in [9.17, 15) is 4.39 Å². The molecule has 1 atom stereocenters. The molecule has 1 aliphatic rings. The minimum atomic E-state index is -0.240. The van der Waals surface area contributed by atoms with Crippen molar-refractivity contribution < 1.29 is 9.13 Å². The summed E-state index contributed by atoms with van der Waals surface area (Å²) in [5.74, 6) is 0. The van der Waals surface area contributed by atoms with Crippen LogP contribution in [0.5, 0.6) is 0 Å². The van der Waals surface area contributed by atoms with Crippen LogP contribution in [0.1, 0.15) is 12.8 Å². The third kappa shape index (κ3) is 2.75. The van der Waals surface area contributed by atoms with Gasteiger partial charge in [-0.3, -0.25) is 4.90 Å². The lowest BCUT2D eigenvalue weighted by Gasteiger charge is -2.30. The van der Waals surface area contributed by atoms with Gasteiger partial charge in [-0.15, -0.1) is 0 Å². The maximum atomic E-state index is 11.9. The average Bonchev–Trinajstić information content (AvgIpc) is 2.06. The van der Waals surface area contributed by atoms with Crippen molar-refractivity contribution in [2.24, 2.45) is 0 Å². The van der Waals surface area contributed by atoms with E-state index in [-0.39, 0.29) is 6.67 Å². The van der Waals surface area contributed by atoms with Crippen molar-refractivity contribution in [1.29, 1.82) is 0 Å². The Labute approximate surface area is 67.3 Å². The van der Waals surface area contributed by atoms with E-state index in [1.165, 1.54) is 0 Å². The highest BCUT2D eigenvalue weighted by molar-refractivity contribution is 4.72. The van der Waals surface area contributed by atoms with Gasteiger partial charge in [0.15, 0.2) is 0 Å². The molecule has 1 saturated heterocycles. The van der Waals surface area contributed by atoms with Gasteiger partial charge < -0.3 is 4.74 Å². The van der Waals surface area contributed by atoms with E-state index >= 15 is 0 Å². The minimum Gasteiger partial charge on any atom is -0.380 e. The molecule has 0 bridgehead atoms. The number of piperidine rings is 1. The van der Waals surface area contributed by atoms with Gasteiger partial charge >= 0.3 is 0 Å². The molecule has 0 aliphatic carbocycles. The fraction of sp³-hybridized carbons (Fsp3) is 1.00. The van der Waals surface area contributed by atoms with Crippen LogP contribution in [0.25, 0.3) is 0 Å². The lowest BCUT2D eigenvalue weighted by atomic mass is 10.1. The Bertz CT molecular complexity index is 108. The van der Waals surface area contributed by atoms with Crippen molar-refractivity contribution in [2.75, 3.05) is 33.4 Å². The average molecular weight is 161 g/mol. The second-order valence-electron chi connectivity index (χ2n) is 2.99. The van der Waals surface area contributed by atoms with Gasteiger partial charge in [0.1, 0.15) is 6.67 Å². The predicted octanol–water partition coefficient (Wildman–Crippen LogP) is 1.07. The molecule has 11 heavy (non-hydrogen) atoms. The molecule has 3 heteroatoms. The number of hydrogen-bond acceptors (Lipinski definition) is 2. The lowest BCUT2D eigenvalue weighted by Crippen LogP contribution is -2.40. The predicted molar refractivity (Wildman–Crippen MR) is 42.4 cm³/mol. The molecule has 0 aromatic heterocycles. The van der Waals surface area contributed by atoms with Crippen molar-refractivity contribution in [1.82, 2.24) is 4.90 Å². The molecule has 0 spiro atoms. The zero-order chi connectivity index (χ0) is 8.10. The molecule has 0 amide bonds. The molecule has 1 aliphatic heterocycles. The van der Waals surface area contributed by atoms with Crippen molar-refractivity contribution in [3.8, 4) is 0 Å². The Hall–Kier alpha value is -0.150. The molecule has 1 heterocycles. The highest BCUT2D eigenvalue weighted by Gasteiger charge is 2.18. The smallest absolute Gasteiger partial charge is 0.102 e. The van der Waals surface area contributed by atoms with Gasteiger partial charge in [0, 0.05) is 20.2 Å². The molecular weight excluding hydrogens is 145 g/mol. The van der Waals surface area contributed by atoms with Crippen LogP contribution >= 0.6 is 0 Å². The van der Waals surface area contributed by atoms with Gasteiger partial charge in [0.05, 0.1) is 6.10 Å². The topological polar surface area (TPSA) is 12.5 Å². The Balaban J connectivity index is 2.21. The number of ether oxygens (including phenoxy) is 1. The molecular formula is C8H16FNO. The van der Waals surface area contributed by atoms with E-state index in [0.29, 0.717) is 12.6 Å². The largest absolute Gasteiger partial charge is 0.380 e. The summed E-state index contributed by atoms with van der Waals surface area (Å²) in [7, 11) is 1.73. The maximum Gasteiger partial charge on any atom is 0.102 e. The molecule has 0 radical (unpaired) electrons. The minimum absolute atomic E-state index is 0.240. The van der Waals surface area contributed by atoms with Crippen molar-refractivity contribution >= 4 is 0 Å². The van der Waals surface area contributed by atoms with E-state index in [1.54, 1.807) is 7.11 Å². The maximum absolute atomic E-state index is 11.9. The highest BCUT2D eigenvalue weighted by atomic mass is 19.1. The zero-order valence-electron chi connectivity index (χ0n) is 7.05. The molecule has 1 fully saturated rings. The van der Waals surface area contributed by atoms with Crippen molar-refractivity contribution in [2.45, 2.75) is 18.9 Å². The van der Waals surface area contributed by atoms with Crippen LogP contribution in [0.3, 0.4) is 0 Å². The molecule has 1 rings (SSSR count). The zero-order valence-corrected chi connectivity index (χ0v) is 7.05. The molecule has 0 N–H and O–H groups in total. The van der Waals surface area contributed by atoms with E-state index in [0.717, 1.165) is 25.9 Å². The monoisotopic (exact) mass is 161 g/mol.